The lowest BCUT2D eigenvalue weighted by molar-refractivity contribution is -0.117. The van der Waals surface area contributed by atoms with Gasteiger partial charge in [-0.2, -0.15) is 0 Å². The molecule has 35 heavy (non-hydrogen) atoms. The molecule has 4 rings (SSSR count). The van der Waals surface area contributed by atoms with Gasteiger partial charge in [-0.05, 0) is 69.7 Å². The van der Waals surface area contributed by atoms with Gasteiger partial charge < -0.3 is 19.9 Å². The predicted octanol–water partition coefficient (Wildman–Crippen LogP) is 5.56. The van der Waals surface area contributed by atoms with Gasteiger partial charge in [0.05, 0.1) is 6.04 Å². The molecule has 1 saturated carbocycles. The van der Waals surface area contributed by atoms with Gasteiger partial charge in [0.1, 0.15) is 30.5 Å². The van der Waals surface area contributed by atoms with Gasteiger partial charge in [0.2, 0.25) is 5.91 Å². The molecule has 2 heterocycles. The number of carbonyl (C=O) groups excluding carboxylic acids is 1. The SMILES string of the molecule is CC(C)CC(COc1ccc2c(c1)OCc1cnc(NC(=O)C3CC3)cc1-2)N(C(=O)O)C(C)(C)C. The molecule has 8 heteroatoms. The van der Waals surface area contributed by atoms with E-state index in [4.69, 9.17) is 9.47 Å². The van der Waals surface area contributed by atoms with E-state index in [0.29, 0.717) is 36.3 Å². The van der Waals surface area contributed by atoms with Crippen LogP contribution in [0.1, 0.15) is 59.4 Å². The van der Waals surface area contributed by atoms with Crippen LogP contribution in [0.3, 0.4) is 0 Å². The fraction of sp³-hybridized carbons (Fsp3) is 0.519. The largest absolute Gasteiger partial charge is 0.491 e. The maximum absolute atomic E-state index is 12.1. The number of ether oxygens (including phenoxy) is 2. The number of rotatable bonds is 8. The normalized spacial score (nSPS) is 15.5. The standard InChI is InChI=1S/C27H35N3O5/c1-16(2)10-19(30(26(32)33)27(3,4)5)15-34-20-8-9-21-22-12-24(29-25(31)17-6-7-17)28-13-18(22)14-35-23(21)11-20/h8-9,11-13,16-17,19H,6-7,10,14-15H2,1-5H3,(H,32,33)(H,28,29,31). The number of carboxylic acid groups (broad SMARTS) is 1. The summed E-state index contributed by atoms with van der Waals surface area (Å²) in [5.41, 5.74) is 2.29. The van der Waals surface area contributed by atoms with Crippen molar-refractivity contribution < 1.29 is 24.2 Å². The van der Waals surface area contributed by atoms with E-state index >= 15 is 0 Å². The van der Waals surface area contributed by atoms with Crippen LogP contribution in [0, 0.1) is 11.8 Å². The van der Waals surface area contributed by atoms with Crippen LogP contribution >= 0.6 is 0 Å². The molecule has 0 saturated heterocycles. The van der Waals surface area contributed by atoms with Crippen molar-refractivity contribution in [1.82, 2.24) is 9.88 Å². The Morgan fingerprint density at radius 2 is 1.97 bits per heavy atom. The molecule has 2 amide bonds. The lowest BCUT2D eigenvalue weighted by atomic mass is 9.97. The quantitative estimate of drug-likeness (QED) is 0.512. The topological polar surface area (TPSA) is 101 Å². The Balaban J connectivity index is 1.52. The molecule has 1 fully saturated rings. The predicted molar refractivity (Wildman–Crippen MR) is 134 cm³/mol. The van der Waals surface area contributed by atoms with E-state index in [-0.39, 0.29) is 24.5 Å². The third kappa shape index (κ3) is 5.86. The second-order valence-electron chi connectivity index (χ2n) is 10.9. The van der Waals surface area contributed by atoms with E-state index in [1.807, 2.05) is 45.0 Å². The number of anilines is 1. The highest BCUT2D eigenvalue weighted by Crippen LogP contribution is 2.40. The first kappa shape index (κ1) is 24.8. The van der Waals surface area contributed by atoms with Crippen molar-refractivity contribution in [3.63, 3.8) is 0 Å². The van der Waals surface area contributed by atoms with Crippen molar-refractivity contribution >= 4 is 17.8 Å². The molecule has 1 unspecified atom stereocenters. The molecule has 1 aromatic carbocycles. The summed E-state index contributed by atoms with van der Waals surface area (Å²) in [7, 11) is 0. The summed E-state index contributed by atoms with van der Waals surface area (Å²) >= 11 is 0. The summed E-state index contributed by atoms with van der Waals surface area (Å²) in [5.74, 6) is 2.30. The number of hydrogen-bond donors (Lipinski definition) is 2. The third-order valence-electron chi connectivity index (χ3n) is 6.29. The smallest absolute Gasteiger partial charge is 0.408 e. The average molecular weight is 482 g/mol. The molecular formula is C27H35N3O5. The molecule has 1 atom stereocenters. The summed E-state index contributed by atoms with van der Waals surface area (Å²) in [4.78, 5) is 30.0. The molecule has 2 N–H and O–H groups in total. The minimum Gasteiger partial charge on any atom is -0.491 e. The maximum Gasteiger partial charge on any atom is 0.408 e. The molecule has 188 valence electrons. The van der Waals surface area contributed by atoms with Crippen LogP contribution in [0.5, 0.6) is 11.5 Å². The summed E-state index contributed by atoms with van der Waals surface area (Å²) in [6.07, 6.45) is 3.37. The highest BCUT2D eigenvalue weighted by molar-refractivity contribution is 5.94. The third-order valence-corrected chi connectivity index (χ3v) is 6.29. The number of benzene rings is 1. The highest BCUT2D eigenvalue weighted by atomic mass is 16.5. The van der Waals surface area contributed by atoms with Crippen molar-refractivity contribution in [3.05, 3.63) is 36.0 Å². The number of nitrogens with one attached hydrogen (secondary N) is 1. The van der Waals surface area contributed by atoms with Crippen molar-refractivity contribution in [2.75, 3.05) is 11.9 Å². The fourth-order valence-corrected chi connectivity index (χ4v) is 4.56. The van der Waals surface area contributed by atoms with Crippen LogP contribution in [0.2, 0.25) is 0 Å². The van der Waals surface area contributed by atoms with E-state index < -0.39 is 11.6 Å². The molecule has 1 aliphatic heterocycles. The first-order valence-corrected chi connectivity index (χ1v) is 12.2. The Kier molecular flexibility index (Phi) is 6.92. The van der Waals surface area contributed by atoms with Gasteiger partial charge in [-0.1, -0.05) is 13.8 Å². The Morgan fingerprint density at radius 1 is 1.23 bits per heavy atom. The number of nitrogens with zero attached hydrogens (tertiary/aromatic N) is 2. The molecule has 8 nitrogen and oxygen atoms in total. The zero-order chi connectivity index (χ0) is 25.3. The molecular weight excluding hydrogens is 446 g/mol. The Labute approximate surface area is 206 Å². The van der Waals surface area contributed by atoms with Gasteiger partial charge in [-0.3, -0.25) is 9.69 Å². The van der Waals surface area contributed by atoms with Crippen LogP contribution in [0.4, 0.5) is 10.6 Å². The molecule has 1 aliphatic carbocycles. The van der Waals surface area contributed by atoms with Crippen molar-refractivity contribution in [2.24, 2.45) is 11.8 Å². The summed E-state index contributed by atoms with van der Waals surface area (Å²) in [6.45, 7) is 10.5. The first-order chi connectivity index (χ1) is 16.5. The van der Waals surface area contributed by atoms with Gasteiger partial charge in [-0.25, -0.2) is 9.78 Å². The second kappa shape index (κ2) is 9.76. The monoisotopic (exact) mass is 481 g/mol. The van der Waals surface area contributed by atoms with E-state index in [1.54, 1.807) is 6.20 Å². The zero-order valence-corrected chi connectivity index (χ0v) is 21.1. The van der Waals surface area contributed by atoms with Crippen LogP contribution in [0.15, 0.2) is 30.5 Å². The minimum atomic E-state index is -0.949. The Bertz CT molecular complexity index is 1100. The van der Waals surface area contributed by atoms with Crippen LogP contribution in [-0.2, 0) is 11.4 Å². The summed E-state index contributed by atoms with van der Waals surface area (Å²) < 4.78 is 12.1. The average Bonchev–Trinajstić information content (AvgIpc) is 3.61. The van der Waals surface area contributed by atoms with E-state index in [9.17, 15) is 14.7 Å². The highest BCUT2D eigenvalue weighted by Gasteiger charge is 2.34. The minimum absolute atomic E-state index is 0.0232. The molecule has 2 aromatic rings. The van der Waals surface area contributed by atoms with Gasteiger partial charge in [0.25, 0.3) is 0 Å². The summed E-state index contributed by atoms with van der Waals surface area (Å²) in [6, 6.07) is 7.26. The van der Waals surface area contributed by atoms with Crippen LogP contribution in [0.25, 0.3) is 11.1 Å². The van der Waals surface area contributed by atoms with Gasteiger partial charge >= 0.3 is 6.09 Å². The van der Waals surface area contributed by atoms with E-state index in [2.05, 4.69) is 24.1 Å². The van der Waals surface area contributed by atoms with Crippen molar-refractivity contribution in [3.8, 4) is 22.6 Å². The van der Waals surface area contributed by atoms with Crippen molar-refractivity contribution in [2.45, 2.75) is 72.1 Å². The number of pyridine rings is 1. The van der Waals surface area contributed by atoms with E-state index in [0.717, 1.165) is 29.5 Å². The maximum atomic E-state index is 12.1. The van der Waals surface area contributed by atoms with Crippen LogP contribution < -0.4 is 14.8 Å². The zero-order valence-electron chi connectivity index (χ0n) is 21.1. The van der Waals surface area contributed by atoms with Crippen LogP contribution in [-0.4, -0.2) is 45.2 Å². The summed E-state index contributed by atoms with van der Waals surface area (Å²) in [5, 5.41) is 12.8. The van der Waals surface area contributed by atoms with Gasteiger partial charge in [-0.15, -0.1) is 0 Å². The molecule has 1 aromatic heterocycles. The molecule has 0 radical (unpaired) electrons. The number of aromatic nitrogens is 1. The Morgan fingerprint density at radius 3 is 2.60 bits per heavy atom. The second-order valence-corrected chi connectivity index (χ2v) is 10.9. The number of fused-ring (bicyclic) bond motifs is 3. The Hall–Kier alpha value is -3.29. The first-order valence-electron chi connectivity index (χ1n) is 12.2. The lowest BCUT2D eigenvalue weighted by Gasteiger charge is -2.40. The van der Waals surface area contributed by atoms with Crippen molar-refractivity contribution in [1.29, 1.82) is 0 Å². The molecule has 0 bridgehead atoms. The number of carbonyl (C=O) groups is 2. The molecule has 0 spiro atoms. The van der Waals surface area contributed by atoms with E-state index in [1.165, 1.54) is 4.90 Å². The van der Waals surface area contributed by atoms with Gasteiger partial charge in [0, 0.05) is 34.8 Å². The van der Waals surface area contributed by atoms with Gasteiger partial charge in [0.15, 0.2) is 0 Å². The lowest BCUT2D eigenvalue weighted by Crippen LogP contribution is -2.53. The number of amides is 2. The molecule has 2 aliphatic rings. The fourth-order valence-electron chi connectivity index (χ4n) is 4.56. The number of hydrogen-bond acceptors (Lipinski definition) is 5.